The average Bonchev–Trinajstić information content (AvgIpc) is 2.92. The number of hydrogen-bond acceptors (Lipinski definition) is 4. The molecule has 1 aromatic heterocycles. The molecule has 0 bridgehead atoms. The van der Waals surface area contributed by atoms with Gasteiger partial charge in [0.25, 0.3) is 5.91 Å². The van der Waals surface area contributed by atoms with E-state index in [0.29, 0.717) is 11.1 Å². The third kappa shape index (κ3) is 5.08. The molecular weight excluding hydrogens is 339 g/mol. The number of aromatic nitrogens is 2. The second-order valence-electron chi connectivity index (χ2n) is 5.21. The van der Waals surface area contributed by atoms with Crippen LogP contribution in [0.1, 0.15) is 24.2 Å². The number of hydrogen-bond donors (Lipinski definition) is 2. The molecule has 0 radical (unpaired) electrons. The summed E-state index contributed by atoms with van der Waals surface area (Å²) in [6.07, 6.45) is -0.0958. The van der Waals surface area contributed by atoms with Crippen molar-refractivity contribution >= 4 is 16.8 Å². The number of alkyl halides is 3. The fraction of sp³-hybridized carbons (Fsp3) is 0.250. The van der Waals surface area contributed by atoms with Gasteiger partial charge in [0.2, 0.25) is 0 Å². The molecule has 0 unspecified atom stereocenters. The number of hydroxylamine groups is 1. The van der Waals surface area contributed by atoms with Gasteiger partial charge in [0.1, 0.15) is 5.76 Å². The van der Waals surface area contributed by atoms with Crippen LogP contribution in [0.15, 0.2) is 47.9 Å². The number of benzene rings is 1. The van der Waals surface area contributed by atoms with Crippen LogP contribution >= 0.6 is 0 Å². The van der Waals surface area contributed by atoms with E-state index in [1.165, 1.54) is 35.3 Å². The van der Waals surface area contributed by atoms with E-state index in [2.05, 4.69) is 9.84 Å². The fourth-order valence-corrected chi connectivity index (χ4v) is 2.23. The van der Waals surface area contributed by atoms with Crippen LogP contribution in [-0.4, -0.2) is 27.3 Å². The van der Waals surface area contributed by atoms with E-state index >= 15 is 0 Å². The van der Waals surface area contributed by atoms with E-state index in [0.717, 1.165) is 5.39 Å². The summed E-state index contributed by atoms with van der Waals surface area (Å²) in [4.78, 5) is 11.4. The molecule has 0 fully saturated rings. The maximum absolute atomic E-state index is 12.2. The van der Waals surface area contributed by atoms with Crippen molar-refractivity contribution in [3.05, 3.63) is 53.4 Å². The van der Waals surface area contributed by atoms with Gasteiger partial charge in [-0.3, -0.25) is 14.7 Å². The first-order chi connectivity index (χ1) is 11.7. The minimum Gasteiger partial charge on any atom is -0.411 e. The molecule has 25 heavy (non-hydrogen) atoms. The highest BCUT2D eigenvalue weighted by Gasteiger charge is 2.30. The summed E-state index contributed by atoms with van der Waals surface area (Å²) in [6, 6.07) is 4.69. The van der Waals surface area contributed by atoms with Crippen molar-refractivity contribution in [1.29, 1.82) is 0 Å². The first-order valence-corrected chi connectivity index (χ1v) is 7.22. The topological polar surface area (TPSA) is 76.4 Å². The summed E-state index contributed by atoms with van der Waals surface area (Å²) in [5.41, 5.74) is 2.86. The molecule has 0 aliphatic rings. The van der Waals surface area contributed by atoms with Gasteiger partial charge in [-0.25, -0.2) is 5.48 Å². The van der Waals surface area contributed by atoms with Crippen LogP contribution in [0.5, 0.6) is 0 Å². The Bertz CT molecular complexity index is 838. The lowest BCUT2D eigenvalue weighted by Crippen LogP contribution is -2.18. The van der Waals surface area contributed by atoms with Crippen LogP contribution in [-0.2, 0) is 11.3 Å². The molecule has 0 spiro atoms. The zero-order chi connectivity index (χ0) is 18.6. The standard InChI is InChI=1S/C16H16F3N3O3/c1-3-11(6-10(2)25-16(17,18)19)8-22-9-13-5-4-12(15(23)21-24)7-14(13)20-22/h3-7,9,24H,8H2,1-2H3,(H,21,23). The molecule has 0 atom stereocenters. The van der Waals surface area contributed by atoms with Gasteiger partial charge in [0.15, 0.2) is 0 Å². The SMILES string of the molecule is CC=C(C=C(C)OC(F)(F)F)Cn1cc2ccc(C(=O)NO)cc2n1. The molecule has 0 saturated carbocycles. The predicted octanol–water partition coefficient (Wildman–Crippen LogP) is 3.54. The molecule has 134 valence electrons. The van der Waals surface area contributed by atoms with Gasteiger partial charge in [-0.05, 0) is 37.6 Å². The summed E-state index contributed by atoms with van der Waals surface area (Å²) in [6.45, 7) is 3.14. The number of amides is 1. The van der Waals surface area contributed by atoms with Crippen LogP contribution in [0.4, 0.5) is 13.2 Å². The number of rotatable bonds is 5. The monoisotopic (exact) mass is 355 g/mol. The average molecular weight is 355 g/mol. The van der Waals surface area contributed by atoms with E-state index in [4.69, 9.17) is 5.21 Å². The van der Waals surface area contributed by atoms with Crippen LogP contribution < -0.4 is 5.48 Å². The summed E-state index contributed by atoms with van der Waals surface area (Å²) in [5, 5.41) is 13.7. The smallest absolute Gasteiger partial charge is 0.411 e. The van der Waals surface area contributed by atoms with Crippen LogP contribution in [0.3, 0.4) is 0 Å². The van der Waals surface area contributed by atoms with E-state index in [9.17, 15) is 18.0 Å². The molecule has 0 aliphatic carbocycles. The molecule has 1 aromatic carbocycles. The molecule has 0 saturated heterocycles. The van der Waals surface area contributed by atoms with Crippen molar-refractivity contribution in [3.63, 3.8) is 0 Å². The highest BCUT2D eigenvalue weighted by Crippen LogP contribution is 2.22. The minimum atomic E-state index is -4.73. The van der Waals surface area contributed by atoms with Crippen molar-refractivity contribution < 1.29 is 27.9 Å². The van der Waals surface area contributed by atoms with Gasteiger partial charge in [-0.2, -0.15) is 5.10 Å². The van der Waals surface area contributed by atoms with Crippen LogP contribution in [0.2, 0.25) is 0 Å². The predicted molar refractivity (Wildman–Crippen MR) is 83.6 cm³/mol. The van der Waals surface area contributed by atoms with Gasteiger partial charge < -0.3 is 4.74 Å². The third-order valence-electron chi connectivity index (χ3n) is 3.30. The highest BCUT2D eigenvalue weighted by atomic mass is 19.4. The molecule has 2 N–H and O–H groups in total. The third-order valence-corrected chi connectivity index (χ3v) is 3.30. The van der Waals surface area contributed by atoms with E-state index in [1.807, 2.05) is 0 Å². The van der Waals surface area contributed by atoms with E-state index in [-0.39, 0.29) is 17.9 Å². The van der Waals surface area contributed by atoms with Gasteiger partial charge in [-0.15, -0.1) is 13.2 Å². The quantitative estimate of drug-likeness (QED) is 0.372. The Morgan fingerprint density at radius 2 is 2.16 bits per heavy atom. The minimum absolute atomic E-state index is 0.227. The van der Waals surface area contributed by atoms with Crippen molar-refractivity contribution in [2.24, 2.45) is 0 Å². The summed E-state index contributed by atoms with van der Waals surface area (Å²) in [5.74, 6) is -0.937. The van der Waals surface area contributed by atoms with Crippen molar-refractivity contribution in [2.45, 2.75) is 26.8 Å². The second-order valence-corrected chi connectivity index (χ2v) is 5.21. The number of carbonyl (C=O) groups is 1. The maximum Gasteiger partial charge on any atom is 0.572 e. The lowest BCUT2D eigenvalue weighted by atomic mass is 10.1. The van der Waals surface area contributed by atoms with Crippen LogP contribution in [0, 0.1) is 0 Å². The lowest BCUT2D eigenvalue weighted by Gasteiger charge is -2.10. The number of ether oxygens (including phenoxy) is 1. The Morgan fingerprint density at radius 1 is 1.44 bits per heavy atom. The summed E-state index contributed by atoms with van der Waals surface area (Å²) < 4.78 is 42.0. The summed E-state index contributed by atoms with van der Waals surface area (Å²) >= 11 is 0. The number of nitrogens with one attached hydrogen (secondary N) is 1. The van der Waals surface area contributed by atoms with Crippen molar-refractivity contribution in [2.75, 3.05) is 0 Å². The van der Waals surface area contributed by atoms with Crippen LogP contribution in [0.25, 0.3) is 10.9 Å². The zero-order valence-corrected chi connectivity index (χ0v) is 13.5. The Balaban J connectivity index is 2.21. The van der Waals surface area contributed by atoms with Crippen molar-refractivity contribution in [1.82, 2.24) is 15.3 Å². The van der Waals surface area contributed by atoms with Crippen molar-refractivity contribution in [3.8, 4) is 0 Å². The first-order valence-electron chi connectivity index (χ1n) is 7.22. The summed E-state index contributed by atoms with van der Waals surface area (Å²) in [7, 11) is 0. The molecule has 9 heteroatoms. The number of halogens is 3. The molecule has 0 aliphatic heterocycles. The second kappa shape index (κ2) is 7.39. The molecule has 2 rings (SSSR count). The Morgan fingerprint density at radius 3 is 2.76 bits per heavy atom. The van der Waals surface area contributed by atoms with Gasteiger partial charge in [-0.1, -0.05) is 12.1 Å². The van der Waals surface area contributed by atoms with E-state index in [1.54, 1.807) is 25.3 Å². The largest absolute Gasteiger partial charge is 0.572 e. The zero-order valence-electron chi connectivity index (χ0n) is 13.5. The molecule has 2 aromatic rings. The maximum atomic E-state index is 12.2. The molecule has 1 amide bonds. The number of allylic oxidation sites excluding steroid dienone is 4. The number of fused-ring (bicyclic) bond motifs is 1. The Kier molecular flexibility index (Phi) is 5.48. The Labute approximate surface area is 141 Å². The fourth-order valence-electron chi connectivity index (χ4n) is 2.23. The van der Waals surface area contributed by atoms with Gasteiger partial charge >= 0.3 is 6.36 Å². The highest BCUT2D eigenvalue weighted by molar-refractivity contribution is 5.97. The normalized spacial score (nSPS) is 13.2. The lowest BCUT2D eigenvalue weighted by molar-refractivity contribution is -0.305. The molecule has 1 heterocycles. The van der Waals surface area contributed by atoms with Gasteiger partial charge in [0.05, 0.1) is 12.1 Å². The molecular formula is C16H16F3N3O3. The number of nitrogens with zero attached hydrogens (tertiary/aromatic N) is 2. The molecule has 6 nitrogen and oxygen atoms in total. The first kappa shape index (κ1) is 18.5. The Hall–Kier alpha value is -2.81. The van der Waals surface area contributed by atoms with E-state index < -0.39 is 12.3 Å². The number of carbonyl (C=O) groups excluding carboxylic acids is 1. The van der Waals surface area contributed by atoms with Gasteiger partial charge in [0, 0.05) is 17.1 Å².